The van der Waals surface area contributed by atoms with Crippen LogP contribution < -0.4 is 0 Å². The van der Waals surface area contributed by atoms with Crippen molar-refractivity contribution in [2.45, 2.75) is 12.3 Å². The number of imidazole rings is 1. The summed E-state index contributed by atoms with van der Waals surface area (Å²) in [5.41, 5.74) is 13.3. The summed E-state index contributed by atoms with van der Waals surface area (Å²) in [6.07, 6.45) is 3.57. The van der Waals surface area contributed by atoms with Crippen molar-refractivity contribution < 1.29 is 25.2 Å². The number of hydrogen-bond donors (Lipinski definition) is 0. The van der Waals surface area contributed by atoms with Crippen LogP contribution in [0.1, 0.15) is 31.9 Å². The molecule has 0 N–H and O–H groups in total. The summed E-state index contributed by atoms with van der Waals surface area (Å²) in [5.74, 6) is 0.817. The second-order valence-corrected chi connectivity index (χ2v) is 14.3. The molecule has 0 spiro atoms. The first-order valence-corrected chi connectivity index (χ1v) is 18.6. The Balaban J connectivity index is 0.00000420. The van der Waals surface area contributed by atoms with E-state index < -0.39 is 12.4 Å². The van der Waals surface area contributed by atoms with E-state index in [1.54, 1.807) is 6.33 Å². The van der Waals surface area contributed by atoms with Gasteiger partial charge in [-0.2, -0.15) is 30.3 Å². The van der Waals surface area contributed by atoms with Gasteiger partial charge in [0.2, 0.25) is 0 Å². The molecule has 10 aromatic rings. The average Bonchev–Trinajstić information content (AvgIpc) is 3.91. The number of rotatable bonds is 5. The number of aryl methyl sites for hydroxylation is 2. The fourth-order valence-corrected chi connectivity index (χ4v) is 9.03. The van der Waals surface area contributed by atoms with Crippen LogP contribution in [0.25, 0.3) is 66.6 Å². The average molecular weight is 902 g/mol. The number of hydrogen-bond acceptors (Lipinski definition) is 1. The van der Waals surface area contributed by atoms with E-state index in [0.717, 1.165) is 77.8 Å². The maximum absolute atomic E-state index is 8.33. The molecular formula is C51H35N4Pt-. The summed E-state index contributed by atoms with van der Waals surface area (Å²) >= 11 is 0. The van der Waals surface area contributed by atoms with E-state index in [1.165, 1.54) is 15.7 Å². The van der Waals surface area contributed by atoms with Crippen LogP contribution in [-0.2, 0) is 33.5 Å². The molecule has 0 amide bonds. The molecule has 11 rings (SSSR count). The van der Waals surface area contributed by atoms with E-state index in [1.807, 2.05) is 41.1 Å². The number of aromatic nitrogens is 4. The largest absolute Gasteiger partial charge is 0.319 e. The number of pyridine rings is 1. The van der Waals surface area contributed by atoms with Gasteiger partial charge < -0.3 is 4.57 Å². The molecule has 0 saturated heterocycles. The minimum absolute atomic E-state index is 0. The molecule has 56 heavy (non-hydrogen) atoms. The number of fused-ring (bicyclic) bond motifs is 7. The second kappa shape index (κ2) is 13.1. The van der Waals surface area contributed by atoms with E-state index in [9.17, 15) is 0 Å². The van der Waals surface area contributed by atoms with Gasteiger partial charge in [-0.3, -0.25) is 0 Å². The zero-order chi connectivity index (χ0) is 39.2. The van der Waals surface area contributed by atoms with Crippen molar-refractivity contribution in [1.29, 1.82) is 0 Å². The van der Waals surface area contributed by atoms with E-state index in [4.69, 9.17) is 9.10 Å². The van der Waals surface area contributed by atoms with Gasteiger partial charge in [0.1, 0.15) is 5.82 Å². The number of nitrogens with zero attached hydrogens (tertiary/aromatic N) is 4. The number of para-hydroxylation sites is 3. The first kappa shape index (κ1) is 30.9. The molecule has 4 nitrogen and oxygen atoms in total. The molecule has 1 aliphatic rings. The Morgan fingerprint density at radius 1 is 0.607 bits per heavy atom. The van der Waals surface area contributed by atoms with E-state index in [2.05, 4.69) is 157 Å². The first-order valence-electron chi connectivity index (χ1n) is 20.1. The Labute approximate surface area is 344 Å². The van der Waals surface area contributed by atoms with Gasteiger partial charge in [0, 0.05) is 67.1 Å². The van der Waals surface area contributed by atoms with Crippen LogP contribution in [0.5, 0.6) is 0 Å². The van der Waals surface area contributed by atoms with Gasteiger partial charge in [-0.25, -0.2) is 14.1 Å². The monoisotopic (exact) mass is 901 g/mol. The van der Waals surface area contributed by atoms with Crippen molar-refractivity contribution in [2.24, 2.45) is 6.98 Å². The maximum Gasteiger partial charge on any atom is 0.188 e. The van der Waals surface area contributed by atoms with Crippen molar-refractivity contribution in [3.63, 3.8) is 0 Å². The summed E-state index contributed by atoms with van der Waals surface area (Å²) < 4.78 is 30.5. The normalized spacial score (nSPS) is 13.8. The molecule has 0 saturated carbocycles. The Morgan fingerprint density at radius 3 is 2.04 bits per heavy atom. The van der Waals surface area contributed by atoms with Gasteiger partial charge in [-0.1, -0.05) is 103 Å². The van der Waals surface area contributed by atoms with Crippen molar-refractivity contribution in [3.05, 3.63) is 216 Å². The Morgan fingerprint density at radius 2 is 1.27 bits per heavy atom. The molecule has 270 valence electrons. The van der Waals surface area contributed by atoms with E-state index in [-0.39, 0.29) is 21.1 Å². The molecule has 0 bridgehead atoms. The fraction of sp³-hybridized carbons (Fsp3) is 0.0588. The Hall–Kier alpha value is -6.35. The maximum atomic E-state index is 8.33. The van der Waals surface area contributed by atoms with Crippen LogP contribution in [0.2, 0.25) is 0 Å². The summed E-state index contributed by atoms with van der Waals surface area (Å²) in [5, 5.41) is 2.21. The molecule has 0 atom stereocenters. The minimum atomic E-state index is -2.36. The topological polar surface area (TPSA) is 27.7 Å². The van der Waals surface area contributed by atoms with Crippen LogP contribution in [0.4, 0.5) is 0 Å². The third-order valence-electron chi connectivity index (χ3n) is 11.4. The van der Waals surface area contributed by atoms with Crippen LogP contribution >= 0.6 is 0 Å². The minimum Gasteiger partial charge on any atom is -0.319 e. The second-order valence-electron chi connectivity index (χ2n) is 14.3. The molecule has 0 radical (unpaired) electrons. The molecule has 0 unspecified atom stereocenters. The third kappa shape index (κ3) is 4.89. The molecular weight excluding hydrogens is 864 g/mol. The van der Waals surface area contributed by atoms with Gasteiger partial charge in [0.25, 0.3) is 0 Å². The van der Waals surface area contributed by atoms with Gasteiger partial charge in [-0.05, 0) is 81.6 Å². The van der Waals surface area contributed by atoms with Crippen LogP contribution in [0, 0.1) is 19.1 Å². The van der Waals surface area contributed by atoms with Crippen molar-refractivity contribution in [3.8, 4) is 33.8 Å². The fourth-order valence-electron chi connectivity index (χ4n) is 9.03. The molecule has 0 aliphatic heterocycles. The molecule has 5 heteroatoms. The van der Waals surface area contributed by atoms with Crippen LogP contribution in [0.15, 0.2) is 176 Å². The van der Waals surface area contributed by atoms with Crippen LogP contribution in [-0.4, -0.2) is 18.7 Å². The quantitative estimate of drug-likeness (QED) is 0.158. The summed E-state index contributed by atoms with van der Waals surface area (Å²) in [7, 11) is 0. The summed E-state index contributed by atoms with van der Waals surface area (Å²) in [6.45, 7) is -0.215. The third-order valence-corrected chi connectivity index (χ3v) is 11.4. The standard InChI is InChI=1S/C51H35N4.Pt/c1-34-14-3-4-17-39(34)35-28-29-52-50(30-35)55-46-23-10-7-20-42(46)43-27-26-37(32-49(43)55)51(44-21-8-5-18-40(44)41-19-6-9-22-45(41)51)36-15-13-16-38(31-36)54-33-53(2)47-24-11-12-25-48(47)54;/h3-30,33H,1-2H3;/q-1;/i2D3;. The Bertz CT molecular complexity index is 3220. The smallest absolute Gasteiger partial charge is 0.188 e. The van der Waals surface area contributed by atoms with Gasteiger partial charge in [-0.15, -0.1) is 22.6 Å². The SMILES string of the molecule is [2H]C([2H])([2H])n1[cH+]n(-c2[c-]c(C3(c4[c-]c5c(cc4)c4ccccc4n5-c4cc(-c5ccccc5C)ccn4)c4ccccc4-c4ccccc43)ccc2)c2ccccc21.[Pt]. The van der Waals surface area contributed by atoms with Gasteiger partial charge in [0.05, 0.1) is 0 Å². The molecule has 3 heterocycles. The van der Waals surface area contributed by atoms with Crippen molar-refractivity contribution in [2.75, 3.05) is 0 Å². The van der Waals surface area contributed by atoms with Crippen molar-refractivity contribution in [1.82, 2.24) is 18.7 Å². The zero-order valence-corrected chi connectivity index (χ0v) is 32.6. The van der Waals surface area contributed by atoms with Crippen molar-refractivity contribution >= 4 is 32.8 Å². The van der Waals surface area contributed by atoms with Crippen LogP contribution in [0.3, 0.4) is 0 Å². The Kier molecular flexibility index (Phi) is 7.26. The number of benzene rings is 7. The van der Waals surface area contributed by atoms with Gasteiger partial charge >= 0.3 is 0 Å². The van der Waals surface area contributed by atoms with E-state index in [0.29, 0.717) is 5.52 Å². The predicted octanol–water partition coefficient (Wildman–Crippen LogP) is 11.7. The van der Waals surface area contributed by atoms with E-state index >= 15 is 0 Å². The molecule has 7 aromatic carbocycles. The first-order chi connectivity index (χ1) is 28.3. The zero-order valence-electron chi connectivity index (χ0n) is 33.3. The molecule has 1 aliphatic carbocycles. The predicted molar refractivity (Wildman–Crippen MR) is 224 cm³/mol. The summed E-state index contributed by atoms with van der Waals surface area (Å²) in [4.78, 5) is 4.99. The molecule has 0 fully saturated rings. The van der Waals surface area contributed by atoms with Gasteiger partial charge in [0.15, 0.2) is 17.4 Å². The summed E-state index contributed by atoms with van der Waals surface area (Å²) in [6, 6.07) is 64.7. The molecule has 3 aromatic heterocycles.